The summed E-state index contributed by atoms with van der Waals surface area (Å²) < 4.78 is 0. The maximum Gasteiger partial charge on any atom is 0.0762 e. The first-order chi connectivity index (χ1) is 6.61. The van der Waals surface area contributed by atoms with Gasteiger partial charge in [-0.2, -0.15) is 0 Å². The summed E-state index contributed by atoms with van der Waals surface area (Å²) in [6, 6.07) is 0.462. The molecule has 3 N–H and O–H groups in total. The third-order valence-electron chi connectivity index (χ3n) is 3.72. The minimum Gasteiger partial charge on any atom is -0.313 e. The lowest BCUT2D eigenvalue weighted by atomic mass is 9.77. The maximum absolute atomic E-state index is 3.41. The van der Waals surface area contributed by atoms with E-state index in [0.29, 0.717) is 12.0 Å². The predicted octanol–water partition coefficient (Wildman–Crippen LogP) is 0.696. The molecule has 0 bridgehead atoms. The van der Waals surface area contributed by atoms with E-state index in [4.69, 9.17) is 0 Å². The lowest BCUT2D eigenvalue weighted by Gasteiger charge is -2.45. The van der Waals surface area contributed by atoms with Crippen molar-refractivity contribution in [2.75, 3.05) is 21.1 Å². The van der Waals surface area contributed by atoms with Crippen LogP contribution < -0.4 is 16.0 Å². The van der Waals surface area contributed by atoms with Gasteiger partial charge in [0, 0.05) is 12.0 Å². The summed E-state index contributed by atoms with van der Waals surface area (Å²) in [6.07, 6.45) is 3.36. The normalized spacial score (nSPS) is 31.4. The highest BCUT2D eigenvalue weighted by Gasteiger charge is 2.39. The summed E-state index contributed by atoms with van der Waals surface area (Å²) in [7, 11) is 6.07. The molecule has 1 aliphatic carbocycles. The van der Waals surface area contributed by atoms with Crippen molar-refractivity contribution in [1.82, 2.24) is 16.0 Å². The van der Waals surface area contributed by atoms with Crippen molar-refractivity contribution >= 4 is 0 Å². The van der Waals surface area contributed by atoms with Crippen LogP contribution in [0.4, 0.5) is 0 Å². The summed E-state index contributed by atoms with van der Waals surface area (Å²) in [5, 5.41) is 10.2. The highest BCUT2D eigenvalue weighted by molar-refractivity contribution is 5.19. The molecule has 1 rings (SSSR count). The van der Waals surface area contributed by atoms with Crippen LogP contribution in [-0.4, -0.2) is 32.8 Å². The largest absolute Gasteiger partial charge is 0.313 e. The fraction of sp³-hybridized carbons (Fsp3) is 0.818. The Balaban J connectivity index is 2.94. The summed E-state index contributed by atoms with van der Waals surface area (Å²) >= 11 is 0. The average molecular weight is 197 g/mol. The van der Waals surface area contributed by atoms with Crippen LogP contribution in [0.5, 0.6) is 0 Å². The van der Waals surface area contributed by atoms with Crippen LogP contribution in [0.3, 0.4) is 0 Å². The van der Waals surface area contributed by atoms with Gasteiger partial charge >= 0.3 is 0 Å². The molecular formula is C11H23N3. The number of nitrogens with one attached hydrogen (secondary N) is 3. The summed E-state index contributed by atoms with van der Waals surface area (Å²) in [6.45, 7) is 4.48. The molecule has 0 amide bonds. The molecule has 0 aliphatic heterocycles. The molecule has 1 aliphatic rings. The zero-order valence-electron chi connectivity index (χ0n) is 9.94. The van der Waals surface area contributed by atoms with Crippen LogP contribution in [0.1, 0.15) is 20.3 Å². The smallest absolute Gasteiger partial charge is 0.0762 e. The van der Waals surface area contributed by atoms with Crippen molar-refractivity contribution < 1.29 is 0 Å². The molecule has 0 aromatic rings. The summed E-state index contributed by atoms with van der Waals surface area (Å²) in [4.78, 5) is 0. The minimum atomic E-state index is 0.0349. The van der Waals surface area contributed by atoms with Gasteiger partial charge < -0.3 is 16.0 Å². The molecule has 0 fully saturated rings. The van der Waals surface area contributed by atoms with Crippen LogP contribution in [0.15, 0.2) is 11.6 Å². The minimum absolute atomic E-state index is 0.0349. The van der Waals surface area contributed by atoms with Gasteiger partial charge in [0.2, 0.25) is 0 Å². The molecule has 0 radical (unpaired) electrons. The van der Waals surface area contributed by atoms with E-state index >= 15 is 0 Å². The lowest BCUT2D eigenvalue weighted by molar-refractivity contribution is 0.158. The van der Waals surface area contributed by atoms with Gasteiger partial charge in [-0.3, -0.25) is 0 Å². The van der Waals surface area contributed by atoms with E-state index in [1.807, 2.05) is 21.1 Å². The third-order valence-corrected chi connectivity index (χ3v) is 3.72. The highest BCUT2D eigenvalue weighted by atomic mass is 15.2. The quantitative estimate of drug-likeness (QED) is 0.460. The van der Waals surface area contributed by atoms with Crippen LogP contribution in [0, 0.1) is 5.92 Å². The van der Waals surface area contributed by atoms with Gasteiger partial charge in [0.15, 0.2) is 0 Å². The zero-order valence-corrected chi connectivity index (χ0v) is 9.94. The van der Waals surface area contributed by atoms with Crippen LogP contribution >= 0.6 is 0 Å². The molecule has 82 valence electrons. The Hall–Kier alpha value is -0.380. The molecule has 0 saturated heterocycles. The predicted molar refractivity (Wildman–Crippen MR) is 61.2 cm³/mol. The molecule has 2 unspecified atom stereocenters. The Morgan fingerprint density at radius 2 is 1.86 bits per heavy atom. The maximum atomic E-state index is 3.41. The molecule has 0 aromatic heterocycles. The van der Waals surface area contributed by atoms with E-state index in [2.05, 4.69) is 35.9 Å². The Morgan fingerprint density at radius 1 is 1.29 bits per heavy atom. The second-order valence-electron chi connectivity index (χ2n) is 4.18. The van der Waals surface area contributed by atoms with Crippen molar-refractivity contribution in [2.45, 2.75) is 32.0 Å². The lowest BCUT2D eigenvalue weighted by Crippen LogP contribution is -2.64. The third kappa shape index (κ3) is 1.72. The standard InChI is InChI=1S/C11H23N3/c1-8-6-7-11(13-4,14-5)9(2)10(8)12-3/h6,9-10,12-14H,7H2,1-5H3. The van der Waals surface area contributed by atoms with Gasteiger partial charge in [0.05, 0.1) is 5.66 Å². The van der Waals surface area contributed by atoms with Crippen molar-refractivity contribution in [3.8, 4) is 0 Å². The Labute approximate surface area is 87.3 Å². The molecule has 2 atom stereocenters. The first-order valence-electron chi connectivity index (χ1n) is 5.33. The van der Waals surface area contributed by atoms with E-state index < -0.39 is 0 Å². The van der Waals surface area contributed by atoms with E-state index in [0.717, 1.165) is 6.42 Å². The fourth-order valence-corrected chi connectivity index (χ4v) is 2.58. The van der Waals surface area contributed by atoms with Crippen LogP contribution in [0.2, 0.25) is 0 Å². The van der Waals surface area contributed by atoms with Gasteiger partial charge in [0.1, 0.15) is 0 Å². The number of hydrogen-bond donors (Lipinski definition) is 3. The SMILES string of the molecule is CNC1C(C)=CCC(NC)(NC)C1C. The number of hydrogen-bond acceptors (Lipinski definition) is 3. The fourth-order valence-electron chi connectivity index (χ4n) is 2.58. The molecule has 3 nitrogen and oxygen atoms in total. The Kier molecular flexibility index (Phi) is 3.70. The Morgan fingerprint density at radius 3 is 2.29 bits per heavy atom. The van der Waals surface area contributed by atoms with E-state index in [9.17, 15) is 0 Å². The van der Waals surface area contributed by atoms with Gasteiger partial charge in [-0.25, -0.2) is 0 Å². The van der Waals surface area contributed by atoms with E-state index in [1.165, 1.54) is 5.57 Å². The molecule has 3 heteroatoms. The molecule has 0 spiro atoms. The van der Waals surface area contributed by atoms with Gasteiger partial charge in [-0.1, -0.05) is 18.6 Å². The monoisotopic (exact) mass is 197 g/mol. The topological polar surface area (TPSA) is 36.1 Å². The Bertz CT molecular complexity index is 219. The first-order valence-corrected chi connectivity index (χ1v) is 5.33. The van der Waals surface area contributed by atoms with Gasteiger partial charge in [-0.15, -0.1) is 0 Å². The molecule has 0 heterocycles. The van der Waals surface area contributed by atoms with Crippen molar-refractivity contribution in [2.24, 2.45) is 5.92 Å². The number of likely N-dealkylation sites (N-methyl/N-ethyl adjacent to an activating group) is 1. The van der Waals surface area contributed by atoms with Crippen molar-refractivity contribution in [3.63, 3.8) is 0 Å². The molecule has 14 heavy (non-hydrogen) atoms. The van der Waals surface area contributed by atoms with Gasteiger partial charge in [0.25, 0.3) is 0 Å². The van der Waals surface area contributed by atoms with E-state index in [1.54, 1.807) is 0 Å². The number of rotatable bonds is 3. The second-order valence-corrected chi connectivity index (χ2v) is 4.18. The first kappa shape index (κ1) is 11.7. The highest BCUT2D eigenvalue weighted by Crippen LogP contribution is 2.30. The van der Waals surface area contributed by atoms with Crippen molar-refractivity contribution in [1.29, 1.82) is 0 Å². The van der Waals surface area contributed by atoms with Crippen molar-refractivity contribution in [3.05, 3.63) is 11.6 Å². The molecule has 0 saturated carbocycles. The summed E-state index contributed by atoms with van der Waals surface area (Å²) in [5.41, 5.74) is 1.48. The zero-order chi connectivity index (χ0) is 10.8. The van der Waals surface area contributed by atoms with Crippen LogP contribution in [-0.2, 0) is 0 Å². The van der Waals surface area contributed by atoms with Gasteiger partial charge in [-0.05, 0) is 34.5 Å². The summed E-state index contributed by atoms with van der Waals surface area (Å²) in [5.74, 6) is 0.535. The second kappa shape index (κ2) is 4.43. The average Bonchev–Trinajstić information content (AvgIpc) is 2.20. The van der Waals surface area contributed by atoms with Crippen LogP contribution in [0.25, 0.3) is 0 Å². The molecule has 0 aromatic carbocycles. The molecular weight excluding hydrogens is 174 g/mol. The van der Waals surface area contributed by atoms with E-state index in [-0.39, 0.29) is 5.66 Å².